The number of nitrogens with zero attached hydrogens (tertiary/aromatic N) is 2. The molecule has 1 heterocycles. The van der Waals surface area contributed by atoms with Crippen molar-refractivity contribution in [3.8, 4) is 11.3 Å². The van der Waals surface area contributed by atoms with Crippen LogP contribution >= 0.6 is 35.0 Å². The lowest BCUT2D eigenvalue weighted by Crippen LogP contribution is -2.19. The molecule has 0 spiro atoms. The first-order chi connectivity index (χ1) is 21.8. The molecular weight excluding hydrogens is 647 g/mol. The number of para-hydroxylation sites is 1. The van der Waals surface area contributed by atoms with E-state index in [4.69, 9.17) is 23.2 Å². The second-order valence-corrected chi connectivity index (χ2v) is 13.4. The first-order valence-electron chi connectivity index (χ1n) is 13.7. The molecular formula is C34H24Cl2N4O3S2. The Balaban J connectivity index is 1.41. The van der Waals surface area contributed by atoms with Gasteiger partial charge in [-0.05, 0) is 48.0 Å². The average Bonchev–Trinajstić information content (AvgIpc) is 3.05. The first kappa shape index (κ1) is 30.6. The van der Waals surface area contributed by atoms with Crippen LogP contribution in [-0.4, -0.2) is 24.3 Å². The molecule has 5 aromatic carbocycles. The predicted octanol–water partition coefficient (Wildman–Crippen LogP) is 8.95. The van der Waals surface area contributed by atoms with Crippen molar-refractivity contribution in [2.24, 2.45) is 0 Å². The van der Waals surface area contributed by atoms with Gasteiger partial charge in [-0.1, -0.05) is 102 Å². The van der Waals surface area contributed by atoms with Crippen molar-refractivity contribution < 1.29 is 13.2 Å². The minimum atomic E-state index is -4.32. The predicted molar refractivity (Wildman–Crippen MR) is 183 cm³/mol. The van der Waals surface area contributed by atoms with Gasteiger partial charge in [-0.3, -0.25) is 4.79 Å². The van der Waals surface area contributed by atoms with E-state index >= 15 is 0 Å². The highest BCUT2D eigenvalue weighted by Gasteiger charge is 2.25. The minimum absolute atomic E-state index is 0.0135. The SMILES string of the molecule is O=C(Nc1ccc(Cl)cc1)c1cc(S(=O)(=O)Nc2nc(-c3ccccc3)c3ccccc3n2)c(SCc2ccccc2)cc1Cl. The van der Waals surface area contributed by atoms with Gasteiger partial charge in [0.15, 0.2) is 0 Å². The fourth-order valence-electron chi connectivity index (χ4n) is 4.61. The van der Waals surface area contributed by atoms with E-state index in [9.17, 15) is 13.2 Å². The number of benzene rings is 5. The fraction of sp³-hybridized carbons (Fsp3) is 0.0294. The lowest BCUT2D eigenvalue weighted by atomic mass is 10.1. The van der Waals surface area contributed by atoms with E-state index in [0.717, 1.165) is 16.5 Å². The standard InChI is InChI=1S/C34H24Cl2N4O3S2/c35-24-15-17-25(18-16-24)37-33(41)27-19-31(30(20-28(27)36)44-21-22-9-3-1-4-10-22)45(42,43)40-34-38-29-14-8-7-13-26(29)32(39-34)23-11-5-2-6-12-23/h1-20H,21H2,(H,37,41)(H,38,39,40). The molecule has 0 aliphatic rings. The fourth-order valence-corrected chi connectivity index (χ4v) is 7.51. The number of sulfonamides is 1. The van der Waals surface area contributed by atoms with Gasteiger partial charge in [-0.2, -0.15) is 0 Å². The molecule has 0 aliphatic heterocycles. The maximum Gasteiger partial charge on any atom is 0.265 e. The number of thioether (sulfide) groups is 1. The van der Waals surface area contributed by atoms with Crippen molar-refractivity contribution in [1.29, 1.82) is 0 Å². The molecule has 6 rings (SSSR count). The number of fused-ring (bicyclic) bond motifs is 1. The minimum Gasteiger partial charge on any atom is -0.322 e. The summed E-state index contributed by atoms with van der Waals surface area (Å²) in [4.78, 5) is 22.7. The number of aromatic nitrogens is 2. The van der Waals surface area contributed by atoms with Gasteiger partial charge in [-0.15, -0.1) is 11.8 Å². The lowest BCUT2D eigenvalue weighted by Gasteiger charge is -2.16. The van der Waals surface area contributed by atoms with Crippen molar-refractivity contribution in [3.63, 3.8) is 0 Å². The third kappa shape index (κ3) is 7.13. The highest BCUT2D eigenvalue weighted by molar-refractivity contribution is 7.99. The zero-order chi connectivity index (χ0) is 31.4. The van der Waals surface area contributed by atoms with Gasteiger partial charge >= 0.3 is 0 Å². The molecule has 1 aromatic heterocycles. The maximum atomic E-state index is 14.1. The number of hydrogen-bond acceptors (Lipinski definition) is 6. The molecule has 7 nitrogen and oxygen atoms in total. The topological polar surface area (TPSA) is 101 Å². The Morgan fingerprint density at radius 2 is 1.44 bits per heavy atom. The van der Waals surface area contributed by atoms with Crippen LogP contribution in [0.4, 0.5) is 11.6 Å². The Kier molecular flexibility index (Phi) is 9.04. The maximum absolute atomic E-state index is 14.1. The van der Waals surface area contributed by atoms with Crippen molar-refractivity contribution >= 4 is 73.4 Å². The van der Waals surface area contributed by atoms with Gasteiger partial charge in [0.25, 0.3) is 15.9 Å². The largest absolute Gasteiger partial charge is 0.322 e. The average molecular weight is 672 g/mol. The van der Waals surface area contributed by atoms with Crippen LogP contribution in [0, 0.1) is 0 Å². The normalized spacial score (nSPS) is 11.3. The number of anilines is 2. The molecule has 0 radical (unpaired) electrons. The Hall–Kier alpha value is -4.41. The molecule has 45 heavy (non-hydrogen) atoms. The zero-order valence-corrected chi connectivity index (χ0v) is 26.6. The summed E-state index contributed by atoms with van der Waals surface area (Å²) in [6.07, 6.45) is 0. The van der Waals surface area contributed by atoms with Crippen LogP contribution < -0.4 is 10.0 Å². The molecule has 11 heteroatoms. The van der Waals surface area contributed by atoms with E-state index in [2.05, 4.69) is 20.0 Å². The molecule has 224 valence electrons. The third-order valence-corrected chi connectivity index (χ3v) is 9.97. The molecule has 0 aliphatic carbocycles. The Labute approximate surface area is 274 Å². The van der Waals surface area contributed by atoms with E-state index in [1.165, 1.54) is 23.9 Å². The Morgan fingerprint density at radius 3 is 2.18 bits per heavy atom. The van der Waals surface area contributed by atoms with Gasteiger partial charge in [0.2, 0.25) is 5.95 Å². The van der Waals surface area contributed by atoms with Crippen LogP contribution in [0.25, 0.3) is 22.2 Å². The quantitative estimate of drug-likeness (QED) is 0.149. The number of carbonyl (C=O) groups excluding carboxylic acids is 1. The van der Waals surface area contributed by atoms with Crippen molar-refractivity contribution in [2.45, 2.75) is 15.5 Å². The van der Waals surface area contributed by atoms with Crippen molar-refractivity contribution in [3.05, 3.63) is 142 Å². The van der Waals surface area contributed by atoms with E-state index in [1.54, 1.807) is 30.3 Å². The van der Waals surface area contributed by atoms with Crippen LogP contribution in [0.2, 0.25) is 10.0 Å². The van der Waals surface area contributed by atoms with Crippen LogP contribution in [0.1, 0.15) is 15.9 Å². The molecule has 1 amide bonds. The van der Waals surface area contributed by atoms with Crippen LogP contribution in [-0.2, 0) is 15.8 Å². The summed E-state index contributed by atoms with van der Waals surface area (Å²) in [7, 11) is -4.32. The zero-order valence-electron chi connectivity index (χ0n) is 23.4. The van der Waals surface area contributed by atoms with Crippen LogP contribution in [0.3, 0.4) is 0 Å². The van der Waals surface area contributed by atoms with Crippen LogP contribution in [0.5, 0.6) is 0 Å². The van der Waals surface area contributed by atoms with Crippen molar-refractivity contribution in [1.82, 2.24) is 9.97 Å². The third-order valence-electron chi connectivity index (χ3n) is 6.78. The lowest BCUT2D eigenvalue weighted by molar-refractivity contribution is 0.102. The molecule has 0 saturated carbocycles. The number of rotatable bonds is 9. The number of amides is 1. The second kappa shape index (κ2) is 13.3. The Morgan fingerprint density at radius 1 is 0.778 bits per heavy atom. The summed E-state index contributed by atoms with van der Waals surface area (Å²) < 4.78 is 30.8. The molecule has 0 bridgehead atoms. The van der Waals surface area contributed by atoms with E-state index < -0.39 is 15.9 Å². The molecule has 0 saturated heterocycles. The summed E-state index contributed by atoms with van der Waals surface area (Å²) >= 11 is 13.9. The number of carbonyl (C=O) groups is 1. The number of halogens is 2. The van der Waals surface area contributed by atoms with Crippen molar-refractivity contribution in [2.75, 3.05) is 10.0 Å². The summed E-state index contributed by atoms with van der Waals surface area (Å²) in [5.74, 6) is -0.207. The second-order valence-electron chi connectivity index (χ2n) is 9.90. The highest BCUT2D eigenvalue weighted by atomic mass is 35.5. The van der Waals surface area contributed by atoms with Gasteiger partial charge in [0.1, 0.15) is 4.90 Å². The monoisotopic (exact) mass is 670 g/mol. The Bertz CT molecular complexity index is 2110. The number of hydrogen-bond donors (Lipinski definition) is 2. The summed E-state index contributed by atoms with van der Waals surface area (Å²) in [5.41, 5.74) is 3.41. The number of nitrogens with one attached hydrogen (secondary N) is 2. The van der Waals surface area contributed by atoms with Gasteiger partial charge in [-0.25, -0.2) is 23.1 Å². The van der Waals surface area contributed by atoms with Gasteiger partial charge in [0, 0.05) is 32.3 Å². The molecule has 0 atom stereocenters. The highest BCUT2D eigenvalue weighted by Crippen LogP contribution is 2.36. The van der Waals surface area contributed by atoms with E-state index in [-0.39, 0.29) is 21.4 Å². The van der Waals surface area contributed by atoms with E-state index in [0.29, 0.717) is 32.6 Å². The first-order valence-corrected chi connectivity index (χ1v) is 16.9. The van der Waals surface area contributed by atoms with E-state index in [1.807, 2.05) is 78.9 Å². The summed E-state index contributed by atoms with van der Waals surface area (Å²) in [6, 6.07) is 35.8. The summed E-state index contributed by atoms with van der Waals surface area (Å²) in [5, 5.41) is 4.14. The molecule has 6 aromatic rings. The summed E-state index contributed by atoms with van der Waals surface area (Å²) in [6.45, 7) is 0. The molecule has 2 N–H and O–H groups in total. The van der Waals surface area contributed by atoms with Gasteiger partial charge in [0.05, 0.1) is 21.8 Å². The molecule has 0 fully saturated rings. The smallest absolute Gasteiger partial charge is 0.265 e. The van der Waals surface area contributed by atoms with Crippen LogP contribution in [0.15, 0.2) is 131 Å². The van der Waals surface area contributed by atoms with Gasteiger partial charge < -0.3 is 5.32 Å². The molecule has 0 unspecified atom stereocenters.